The van der Waals surface area contributed by atoms with E-state index >= 15 is 0 Å². The molecule has 0 unspecified atom stereocenters. The van der Waals surface area contributed by atoms with Crippen molar-refractivity contribution in [3.8, 4) is 39.2 Å². The molecule has 0 amide bonds. The van der Waals surface area contributed by atoms with Gasteiger partial charge in [-0.1, -0.05) is 11.8 Å². The Balaban J connectivity index is 1.45. The highest BCUT2D eigenvalue weighted by Crippen LogP contribution is 2.36. The van der Waals surface area contributed by atoms with Crippen LogP contribution in [-0.2, 0) is 5.75 Å². The summed E-state index contributed by atoms with van der Waals surface area (Å²) in [5.41, 5.74) is 2.36. The lowest BCUT2D eigenvalue weighted by Gasteiger charge is -2.08. The largest absolute Gasteiger partial charge is 0.497 e. The predicted octanol–water partition coefficient (Wildman–Crippen LogP) is 4.69. The molecule has 0 saturated carbocycles. The van der Waals surface area contributed by atoms with Crippen molar-refractivity contribution in [3.05, 3.63) is 53.5 Å². The average Bonchev–Trinajstić information content (AvgIpc) is 3.44. The van der Waals surface area contributed by atoms with Crippen molar-refractivity contribution in [2.75, 3.05) is 20.1 Å². The zero-order chi connectivity index (χ0) is 23.4. The van der Waals surface area contributed by atoms with Crippen LogP contribution in [0.1, 0.15) is 5.69 Å². The minimum atomic E-state index is -2.88. The maximum atomic E-state index is 12.3. The molecule has 12 heteroatoms. The number of nitrogens with two attached hydrogens (primary N) is 1. The van der Waals surface area contributed by atoms with E-state index in [0.29, 0.717) is 33.8 Å². The van der Waals surface area contributed by atoms with E-state index < -0.39 is 6.61 Å². The quantitative estimate of drug-likeness (QED) is 0.266. The van der Waals surface area contributed by atoms with E-state index in [-0.39, 0.29) is 5.75 Å². The van der Waals surface area contributed by atoms with Crippen LogP contribution in [0.15, 0.2) is 53.0 Å². The summed E-state index contributed by atoms with van der Waals surface area (Å²) in [5, 5.41) is 11.5. The average molecular weight is 492 g/mol. The molecule has 0 bridgehead atoms. The smallest absolute Gasteiger partial charge is 0.387 e. The lowest BCUT2D eigenvalue weighted by Crippen LogP contribution is -2.11. The van der Waals surface area contributed by atoms with Gasteiger partial charge in [0.1, 0.15) is 22.3 Å². The maximum Gasteiger partial charge on any atom is 0.387 e. The summed E-state index contributed by atoms with van der Waals surface area (Å²) in [7, 11) is 3.21. The van der Waals surface area contributed by atoms with Crippen molar-refractivity contribution in [1.29, 1.82) is 0 Å². The number of nitrogens with zero attached hydrogens (tertiary/aromatic N) is 4. The highest BCUT2D eigenvalue weighted by Gasteiger charge is 2.15. The summed E-state index contributed by atoms with van der Waals surface area (Å²) in [4.78, 5) is 4.69. The molecule has 2 heterocycles. The van der Waals surface area contributed by atoms with Gasteiger partial charge in [0.2, 0.25) is 5.16 Å². The number of hydrogen-bond acceptors (Lipinski definition) is 9. The van der Waals surface area contributed by atoms with Crippen molar-refractivity contribution in [3.63, 3.8) is 0 Å². The minimum Gasteiger partial charge on any atom is -0.497 e. The summed E-state index contributed by atoms with van der Waals surface area (Å²) in [6.07, 6.45) is 0. The van der Waals surface area contributed by atoms with Crippen LogP contribution in [-0.4, -0.2) is 40.7 Å². The fourth-order valence-electron chi connectivity index (χ4n) is 2.97. The fraction of sp³-hybridized carbons (Fsp3) is 0.190. The van der Waals surface area contributed by atoms with Gasteiger partial charge in [-0.15, -0.1) is 21.5 Å². The molecule has 0 saturated heterocycles. The molecule has 2 aromatic heterocycles. The number of alkyl halides is 2. The molecule has 8 nitrogen and oxygen atoms in total. The van der Waals surface area contributed by atoms with Crippen LogP contribution >= 0.6 is 23.1 Å². The Kier molecular flexibility index (Phi) is 6.94. The molecule has 2 aromatic carbocycles. The summed E-state index contributed by atoms with van der Waals surface area (Å²) in [6, 6.07) is 11.6. The molecular formula is C21H19F2N5O3S2. The SMILES string of the molecule is COc1ccc(-c2nc(CSc3nnc(-c4ccc(OC(F)F)cc4)n3N)cs2)c(OC)c1. The molecule has 172 valence electrons. The highest BCUT2D eigenvalue weighted by atomic mass is 32.2. The standard InChI is InChI=1S/C21H19F2N5O3S2/c1-29-15-7-8-16(17(9-15)30-2)19-25-13(10-32-19)11-33-21-27-26-18(28(21)24)12-3-5-14(6-4-12)31-20(22)23/h3-10,20H,11,24H2,1-2H3. The van der Waals surface area contributed by atoms with Crippen molar-refractivity contribution in [1.82, 2.24) is 19.9 Å². The summed E-state index contributed by atoms with van der Waals surface area (Å²) in [5.74, 6) is 8.53. The summed E-state index contributed by atoms with van der Waals surface area (Å²) in [6.45, 7) is -2.88. The van der Waals surface area contributed by atoms with Crippen LogP contribution in [0.3, 0.4) is 0 Å². The molecule has 0 aliphatic heterocycles. The molecule has 4 rings (SSSR count). The zero-order valence-electron chi connectivity index (χ0n) is 17.6. The molecule has 0 fully saturated rings. The van der Waals surface area contributed by atoms with Crippen molar-refractivity contribution >= 4 is 23.1 Å². The van der Waals surface area contributed by atoms with Crippen LogP contribution in [0.4, 0.5) is 8.78 Å². The fourth-order valence-corrected chi connectivity index (χ4v) is 4.67. The third-order valence-electron chi connectivity index (χ3n) is 4.54. The molecule has 0 radical (unpaired) electrons. The Morgan fingerprint density at radius 1 is 1.06 bits per heavy atom. The summed E-state index contributed by atoms with van der Waals surface area (Å²) >= 11 is 2.89. The van der Waals surface area contributed by atoms with Crippen LogP contribution in [0.25, 0.3) is 22.0 Å². The van der Waals surface area contributed by atoms with Crippen molar-refractivity contribution < 1.29 is 23.0 Å². The Hall–Kier alpha value is -3.38. The molecule has 0 aliphatic carbocycles. The molecule has 0 spiro atoms. The zero-order valence-corrected chi connectivity index (χ0v) is 19.2. The number of hydrogen-bond donors (Lipinski definition) is 1. The Bertz CT molecular complexity index is 1230. The number of benzene rings is 2. The predicted molar refractivity (Wildman–Crippen MR) is 122 cm³/mol. The molecule has 0 aliphatic rings. The second kappa shape index (κ2) is 10.0. The van der Waals surface area contributed by atoms with Crippen LogP contribution < -0.4 is 20.1 Å². The van der Waals surface area contributed by atoms with Gasteiger partial charge in [0.25, 0.3) is 0 Å². The molecule has 4 aromatic rings. The van der Waals surface area contributed by atoms with Gasteiger partial charge in [0, 0.05) is 22.8 Å². The van der Waals surface area contributed by atoms with E-state index in [9.17, 15) is 8.78 Å². The number of aromatic nitrogens is 4. The third kappa shape index (κ3) is 5.17. The first kappa shape index (κ1) is 22.8. The van der Waals surface area contributed by atoms with E-state index in [4.69, 9.17) is 20.3 Å². The first-order chi connectivity index (χ1) is 16.0. The number of methoxy groups -OCH3 is 2. The van der Waals surface area contributed by atoms with Gasteiger partial charge in [-0.2, -0.15) is 8.78 Å². The Morgan fingerprint density at radius 2 is 1.82 bits per heavy atom. The molecule has 0 atom stereocenters. The second-order valence-corrected chi connectivity index (χ2v) is 8.38. The molecule has 2 N–H and O–H groups in total. The van der Waals surface area contributed by atoms with E-state index in [1.165, 1.54) is 39.9 Å². The number of rotatable bonds is 9. The third-order valence-corrected chi connectivity index (χ3v) is 6.44. The monoisotopic (exact) mass is 491 g/mol. The van der Waals surface area contributed by atoms with Crippen LogP contribution in [0, 0.1) is 0 Å². The van der Waals surface area contributed by atoms with Crippen molar-refractivity contribution in [2.45, 2.75) is 17.5 Å². The number of thioether (sulfide) groups is 1. The maximum absolute atomic E-state index is 12.3. The number of thiazole rings is 1. The van der Waals surface area contributed by atoms with Gasteiger partial charge in [-0.25, -0.2) is 9.66 Å². The highest BCUT2D eigenvalue weighted by molar-refractivity contribution is 7.98. The number of ether oxygens (including phenoxy) is 3. The van der Waals surface area contributed by atoms with Gasteiger partial charge in [0.15, 0.2) is 5.82 Å². The second-order valence-electron chi connectivity index (χ2n) is 6.58. The van der Waals surface area contributed by atoms with Gasteiger partial charge in [-0.05, 0) is 36.4 Å². The number of nitrogen functional groups attached to an aromatic ring is 1. The van der Waals surface area contributed by atoms with E-state index in [0.717, 1.165) is 16.3 Å². The van der Waals surface area contributed by atoms with E-state index in [1.54, 1.807) is 26.4 Å². The van der Waals surface area contributed by atoms with Gasteiger partial charge >= 0.3 is 6.61 Å². The summed E-state index contributed by atoms with van der Waals surface area (Å²) < 4.78 is 41.1. The lowest BCUT2D eigenvalue weighted by molar-refractivity contribution is -0.0498. The number of halogens is 2. The van der Waals surface area contributed by atoms with Gasteiger partial charge in [0.05, 0.1) is 25.5 Å². The first-order valence-electron chi connectivity index (χ1n) is 9.54. The Morgan fingerprint density at radius 3 is 2.52 bits per heavy atom. The van der Waals surface area contributed by atoms with Crippen molar-refractivity contribution in [2.24, 2.45) is 0 Å². The van der Waals surface area contributed by atoms with Gasteiger partial charge < -0.3 is 20.1 Å². The first-order valence-corrected chi connectivity index (χ1v) is 11.4. The molecular weight excluding hydrogens is 472 g/mol. The Labute approximate surface area is 196 Å². The lowest BCUT2D eigenvalue weighted by atomic mass is 10.2. The van der Waals surface area contributed by atoms with E-state index in [1.807, 2.05) is 23.6 Å². The molecule has 33 heavy (non-hydrogen) atoms. The van der Waals surface area contributed by atoms with Crippen LogP contribution in [0.5, 0.6) is 17.2 Å². The normalized spacial score (nSPS) is 11.1. The van der Waals surface area contributed by atoms with Crippen LogP contribution in [0.2, 0.25) is 0 Å². The topological polar surface area (TPSA) is 97.3 Å². The van der Waals surface area contributed by atoms with E-state index in [2.05, 4.69) is 14.9 Å². The van der Waals surface area contributed by atoms with Gasteiger partial charge in [-0.3, -0.25) is 0 Å². The minimum absolute atomic E-state index is 0.0549.